The van der Waals surface area contributed by atoms with Gasteiger partial charge >= 0.3 is 0 Å². The number of aliphatic hydroxyl groups excluding tert-OH is 1. The first-order chi connectivity index (χ1) is 9.52. The highest BCUT2D eigenvalue weighted by Gasteiger charge is 2.10. The standard InChI is InChI=1S/C16H27FN2O/c1-4-19(11-6-10-18(2)3)12-9-16(20)14-7-5-8-15(17)13-14/h5,7-8,13,16,20H,4,6,9-12H2,1-3H3. The van der Waals surface area contributed by atoms with Gasteiger partial charge in [0.2, 0.25) is 0 Å². The highest BCUT2D eigenvalue weighted by molar-refractivity contribution is 5.18. The summed E-state index contributed by atoms with van der Waals surface area (Å²) in [6.45, 7) is 6.04. The summed E-state index contributed by atoms with van der Waals surface area (Å²) in [5.41, 5.74) is 0.661. The van der Waals surface area contributed by atoms with Crippen molar-refractivity contribution in [3.8, 4) is 0 Å². The van der Waals surface area contributed by atoms with Gasteiger partial charge in [0, 0.05) is 6.54 Å². The minimum atomic E-state index is -0.589. The van der Waals surface area contributed by atoms with E-state index in [-0.39, 0.29) is 5.82 Å². The van der Waals surface area contributed by atoms with Crippen LogP contribution in [0.15, 0.2) is 24.3 Å². The number of halogens is 1. The molecule has 0 saturated heterocycles. The Bertz CT molecular complexity index is 384. The van der Waals surface area contributed by atoms with Gasteiger partial charge in [-0.15, -0.1) is 0 Å². The van der Waals surface area contributed by atoms with Gasteiger partial charge in [0.1, 0.15) is 5.82 Å². The second-order valence-electron chi connectivity index (χ2n) is 5.45. The number of rotatable bonds is 9. The van der Waals surface area contributed by atoms with E-state index in [1.54, 1.807) is 12.1 Å². The maximum Gasteiger partial charge on any atom is 0.123 e. The summed E-state index contributed by atoms with van der Waals surface area (Å²) in [5, 5.41) is 10.1. The minimum Gasteiger partial charge on any atom is -0.388 e. The van der Waals surface area contributed by atoms with Crippen LogP contribution >= 0.6 is 0 Å². The van der Waals surface area contributed by atoms with Crippen LogP contribution in [-0.2, 0) is 0 Å². The molecule has 0 aliphatic carbocycles. The van der Waals surface area contributed by atoms with Crippen molar-refractivity contribution in [1.82, 2.24) is 9.80 Å². The minimum absolute atomic E-state index is 0.292. The average Bonchev–Trinajstić information content (AvgIpc) is 2.41. The third-order valence-electron chi connectivity index (χ3n) is 3.48. The van der Waals surface area contributed by atoms with Crippen LogP contribution in [0.1, 0.15) is 31.4 Å². The second kappa shape index (κ2) is 9.06. The number of hydrogen-bond donors (Lipinski definition) is 1. The van der Waals surface area contributed by atoms with Gasteiger partial charge in [-0.05, 0) is 64.3 Å². The van der Waals surface area contributed by atoms with E-state index in [4.69, 9.17) is 0 Å². The molecule has 4 heteroatoms. The van der Waals surface area contributed by atoms with Crippen molar-refractivity contribution in [2.24, 2.45) is 0 Å². The zero-order valence-electron chi connectivity index (χ0n) is 12.8. The molecule has 0 heterocycles. The fourth-order valence-corrected chi connectivity index (χ4v) is 2.22. The van der Waals surface area contributed by atoms with Gasteiger partial charge in [0.15, 0.2) is 0 Å². The molecular weight excluding hydrogens is 255 g/mol. The lowest BCUT2D eigenvalue weighted by Gasteiger charge is -2.23. The van der Waals surface area contributed by atoms with Crippen molar-refractivity contribution in [1.29, 1.82) is 0 Å². The molecule has 1 unspecified atom stereocenters. The number of aliphatic hydroxyl groups is 1. The lowest BCUT2D eigenvalue weighted by molar-refractivity contribution is 0.142. The Kier molecular flexibility index (Phi) is 7.73. The molecule has 0 amide bonds. The lowest BCUT2D eigenvalue weighted by Crippen LogP contribution is -2.29. The Hall–Kier alpha value is -0.970. The molecule has 1 atom stereocenters. The molecule has 0 aromatic heterocycles. The van der Waals surface area contributed by atoms with Crippen molar-refractivity contribution in [2.75, 3.05) is 40.3 Å². The van der Waals surface area contributed by atoms with Crippen molar-refractivity contribution < 1.29 is 9.50 Å². The molecule has 1 N–H and O–H groups in total. The highest BCUT2D eigenvalue weighted by atomic mass is 19.1. The molecule has 0 bridgehead atoms. The van der Waals surface area contributed by atoms with Crippen LogP contribution in [0.5, 0.6) is 0 Å². The molecule has 0 fully saturated rings. The van der Waals surface area contributed by atoms with E-state index < -0.39 is 6.10 Å². The van der Waals surface area contributed by atoms with E-state index in [9.17, 15) is 9.50 Å². The maximum atomic E-state index is 13.1. The largest absolute Gasteiger partial charge is 0.388 e. The molecule has 1 aromatic rings. The van der Waals surface area contributed by atoms with Gasteiger partial charge in [-0.25, -0.2) is 4.39 Å². The van der Waals surface area contributed by atoms with E-state index in [0.717, 1.165) is 32.6 Å². The fraction of sp³-hybridized carbons (Fsp3) is 0.625. The summed E-state index contributed by atoms with van der Waals surface area (Å²) >= 11 is 0. The summed E-state index contributed by atoms with van der Waals surface area (Å²) in [6, 6.07) is 6.22. The molecule has 1 aromatic carbocycles. The van der Waals surface area contributed by atoms with E-state index >= 15 is 0 Å². The van der Waals surface area contributed by atoms with E-state index in [2.05, 4.69) is 30.8 Å². The zero-order valence-corrected chi connectivity index (χ0v) is 12.8. The maximum absolute atomic E-state index is 13.1. The number of benzene rings is 1. The van der Waals surface area contributed by atoms with Crippen LogP contribution in [0.4, 0.5) is 4.39 Å². The van der Waals surface area contributed by atoms with Crippen LogP contribution < -0.4 is 0 Å². The normalized spacial score (nSPS) is 13.2. The van der Waals surface area contributed by atoms with Crippen molar-refractivity contribution in [3.63, 3.8) is 0 Å². The van der Waals surface area contributed by atoms with Crippen LogP contribution in [0.3, 0.4) is 0 Å². The van der Waals surface area contributed by atoms with Gasteiger partial charge < -0.3 is 14.9 Å². The summed E-state index contributed by atoms with van der Waals surface area (Å²) in [7, 11) is 4.15. The van der Waals surface area contributed by atoms with Crippen LogP contribution in [0.2, 0.25) is 0 Å². The summed E-state index contributed by atoms with van der Waals surface area (Å²) in [4.78, 5) is 4.50. The van der Waals surface area contributed by atoms with E-state index in [1.165, 1.54) is 12.1 Å². The first kappa shape index (κ1) is 17.1. The SMILES string of the molecule is CCN(CCCN(C)C)CCC(O)c1cccc(F)c1. The average molecular weight is 282 g/mol. The van der Waals surface area contributed by atoms with E-state index in [0.29, 0.717) is 12.0 Å². The molecule has 3 nitrogen and oxygen atoms in total. The van der Waals surface area contributed by atoms with Gasteiger partial charge in [-0.3, -0.25) is 0 Å². The van der Waals surface area contributed by atoms with Gasteiger partial charge in [0.25, 0.3) is 0 Å². The van der Waals surface area contributed by atoms with Gasteiger partial charge in [0.05, 0.1) is 6.10 Å². The second-order valence-corrected chi connectivity index (χ2v) is 5.45. The first-order valence-electron chi connectivity index (χ1n) is 7.33. The Morgan fingerprint density at radius 1 is 1.20 bits per heavy atom. The van der Waals surface area contributed by atoms with E-state index in [1.807, 2.05) is 0 Å². The van der Waals surface area contributed by atoms with Crippen LogP contribution in [0, 0.1) is 5.82 Å². The summed E-state index contributed by atoms with van der Waals surface area (Å²) in [6.07, 6.45) is 1.17. The summed E-state index contributed by atoms with van der Waals surface area (Å²) < 4.78 is 13.1. The molecule has 0 aliphatic heterocycles. The summed E-state index contributed by atoms with van der Waals surface area (Å²) in [5.74, 6) is -0.292. The van der Waals surface area contributed by atoms with Gasteiger partial charge in [-0.2, -0.15) is 0 Å². The predicted molar refractivity (Wildman–Crippen MR) is 81.3 cm³/mol. The lowest BCUT2D eigenvalue weighted by atomic mass is 10.1. The molecule has 0 spiro atoms. The predicted octanol–water partition coefficient (Wildman–Crippen LogP) is 2.52. The third kappa shape index (κ3) is 6.46. The third-order valence-corrected chi connectivity index (χ3v) is 3.48. The Labute approximate surface area is 122 Å². The first-order valence-corrected chi connectivity index (χ1v) is 7.33. The Morgan fingerprint density at radius 2 is 1.95 bits per heavy atom. The zero-order chi connectivity index (χ0) is 15.0. The monoisotopic (exact) mass is 282 g/mol. The Balaban J connectivity index is 2.36. The van der Waals surface area contributed by atoms with Crippen molar-refractivity contribution >= 4 is 0 Å². The smallest absolute Gasteiger partial charge is 0.123 e. The molecule has 20 heavy (non-hydrogen) atoms. The molecule has 1 rings (SSSR count). The van der Waals surface area contributed by atoms with Crippen LogP contribution in [-0.4, -0.2) is 55.2 Å². The molecule has 0 aliphatic rings. The number of hydrogen-bond acceptors (Lipinski definition) is 3. The molecular formula is C16H27FN2O. The highest BCUT2D eigenvalue weighted by Crippen LogP contribution is 2.17. The number of nitrogens with zero attached hydrogens (tertiary/aromatic N) is 2. The Morgan fingerprint density at radius 3 is 2.55 bits per heavy atom. The topological polar surface area (TPSA) is 26.7 Å². The van der Waals surface area contributed by atoms with Crippen LogP contribution in [0.25, 0.3) is 0 Å². The molecule has 0 radical (unpaired) electrons. The quantitative estimate of drug-likeness (QED) is 0.754. The van der Waals surface area contributed by atoms with Gasteiger partial charge in [-0.1, -0.05) is 19.1 Å². The molecule has 114 valence electrons. The van der Waals surface area contributed by atoms with Crippen molar-refractivity contribution in [3.05, 3.63) is 35.6 Å². The molecule has 0 saturated carbocycles. The fourth-order valence-electron chi connectivity index (χ4n) is 2.22. The van der Waals surface area contributed by atoms with Crippen molar-refractivity contribution in [2.45, 2.75) is 25.9 Å².